The number of rotatable bonds is 6. The highest BCUT2D eigenvalue weighted by atomic mass is 16.5. The Morgan fingerprint density at radius 3 is 2.12 bits per heavy atom. The molecular formula is C20H17NO5. The van der Waals surface area contributed by atoms with Crippen molar-refractivity contribution >= 4 is 17.8 Å². The van der Waals surface area contributed by atoms with Gasteiger partial charge in [-0.2, -0.15) is 0 Å². The SMILES string of the molecule is C#CCNC(=O)COC(=O)c1ccc(-c2ccc(OC(C)=O)cc2)cc1. The van der Waals surface area contributed by atoms with E-state index in [-0.39, 0.29) is 19.1 Å². The van der Waals surface area contributed by atoms with Gasteiger partial charge in [0.15, 0.2) is 6.61 Å². The highest BCUT2D eigenvalue weighted by Crippen LogP contribution is 2.23. The van der Waals surface area contributed by atoms with Gasteiger partial charge in [0.2, 0.25) is 0 Å². The molecule has 0 fully saturated rings. The minimum atomic E-state index is -0.599. The van der Waals surface area contributed by atoms with Gasteiger partial charge in [-0.05, 0) is 35.4 Å². The molecule has 0 atom stereocenters. The smallest absolute Gasteiger partial charge is 0.338 e. The molecule has 26 heavy (non-hydrogen) atoms. The molecule has 6 heteroatoms. The van der Waals surface area contributed by atoms with Gasteiger partial charge in [-0.25, -0.2) is 4.79 Å². The topological polar surface area (TPSA) is 81.7 Å². The average Bonchev–Trinajstić information content (AvgIpc) is 2.64. The van der Waals surface area contributed by atoms with E-state index in [1.165, 1.54) is 6.92 Å². The Balaban J connectivity index is 1.97. The number of hydrogen-bond acceptors (Lipinski definition) is 5. The Kier molecular flexibility index (Phi) is 6.52. The number of ether oxygens (including phenoxy) is 2. The van der Waals surface area contributed by atoms with Crippen LogP contribution in [0.1, 0.15) is 17.3 Å². The fraction of sp³-hybridized carbons (Fsp3) is 0.150. The lowest BCUT2D eigenvalue weighted by Crippen LogP contribution is -2.28. The van der Waals surface area contributed by atoms with Crippen molar-refractivity contribution in [3.8, 4) is 29.2 Å². The summed E-state index contributed by atoms with van der Waals surface area (Å²) in [5.74, 6) is 1.28. The summed E-state index contributed by atoms with van der Waals surface area (Å²) < 4.78 is 9.90. The zero-order valence-electron chi connectivity index (χ0n) is 14.2. The number of hydrogen-bond donors (Lipinski definition) is 1. The minimum Gasteiger partial charge on any atom is -0.452 e. The quantitative estimate of drug-likeness (QED) is 0.490. The van der Waals surface area contributed by atoms with E-state index in [1.54, 1.807) is 48.5 Å². The second-order valence-corrected chi connectivity index (χ2v) is 5.25. The number of amides is 1. The molecule has 0 aliphatic rings. The molecule has 2 aromatic rings. The molecule has 2 aromatic carbocycles. The van der Waals surface area contributed by atoms with E-state index in [2.05, 4.69) is 11.2 Å². The predicted octanol–water partition coefficient (Wildman–Crippen LogP) is 2.19. The lowest BCUT2D eigenvalue weighted by molar-refractivity contribution is -0.131. The van der Waals surface area contributed by atoms with Gasteiger partial charge in [-0.15, -0.1) is 6.42 Å². The van der Waals surface area contributed by atoms with Crippen LogP contribution in [-0.4, -0.2) is 31.0 Å². The third-order valence-corrected chi connectivity index (χ3v) is 3.29. The minimum absolute atomic E-state index is 0.0846. The molecule has 0 saturated heterocycles. The zero-order valence-corrected chi connectivity index (χ0v) is 14.2. The van der Waals surface area contributed by atoms with Crippen LogP contribution in [0.25, 0.3) is 11.1 Å². The summed E-state index contributed by atoms with van der Waals surface area (Å²) in [6.45, 7) is 1.03. The van der Waals surface area contributed by atoms with Crippen LogP contribution in [0.5, 0.6) is 5.75 Å². The molecule has 0 bridgehead atoms. The molecule has 0 heterocycles. The van der Waals surface area contributed by atoms with Gasteiger partial charge in [0.05, 0.1) is 12.1 Å². The van der Waals surface area contributed by atoms with E-state index in [0.717, 1.165) is 11.1 Å². The van der Waals surface area contributed by atoms with E-state index in [4.69, 9.17) is 15.9 Å². The molecule has 0 aliphatic carbocycles. The number of esters is 2. The molecule has 0 spiro atoms. The maximum absolute atomic E-state index is 11.9. The van der Waals surface area contributed by atoms with E-state index >= 15 is 0 Å². The first-order valence-corrected chi connectivity index (χ1v) is 7.76. The van der Waals surface area contributed by atoms with Gasteiger partial charge in [0.25, 0.3) is 5.91 Å². The molecule has 2 rings (SSSR count). The normalized spacial score (nSPS) is 9.69. The maximum atomic E-state index is 11.9. The van der Waals surface area contributed by atoms with Crippen LogP contribution in [-0.2, 0) is 14.3 Å². The van der Waals surface area contributed by atoms with E-state index in [0.29, 0.717) is 11.3 Å². The molecule has 0 radical (unpaired) electrons. The summed E-state index contributed by atoms with van der Waals surface area (Å²) in [6, 6.07) is 13.7. The van der Waals surface area contributed by atoms with E-state index in [1.807, 2.05) is 0 Å². The lowest BCUT2D eigenvalue weighted by Gasteiger charge is -2.07. The van der Waals surface area contributed by atoms with Crippen molar-refractivity contribution in [3.05, 3.63) is 54.1 Å². The van der Waals surface area contributed by atoms with Gasteiger partial charge >= 0.3 is 11.9 Å². The average molecular weight is 351 g/mol. The van der Waals surface area contributed by atoms with Crippen molar-refractivity contribution in [2.75, 3.05) is 13.2 Å². The summed E-state index contributed by atoms with van der Waals surface area (Å²) in [5.41, 5.74) is 2.10. The third kappa shape index (κ3) is 5.49. The molecule has 1 amide bonds. The summed E-state index contributed by atoms with van der Waals surface area (Å²) in [4.78, 5) is 34.2. The summed E-state index contributed by atoms with van der Waals surface area (Å²) >= 11 is 0. The Bertz CT molecular complexity index is 832. The maximum Gasteiger partial charge on any atom is 0.338 e. The van der Waals surface area contributed by atoms with Crippen molar-refractivity contribution in [1.82, 2.24) is 5.32 Å². The molecule has 6 nitrogen and oxygen atoms in total. The number of terminal acetylenes is 1. The first-order valence-electron chi connectivity index (χ1n) is 7.76. The summed E-state index contributed by atoms with van der Waals surface area (Å²) in [7, 11) is 0. The van der Waals surface area contributed by atoms with Gasteiger partial charge in [-0.3, -0.25) is 9.59 Å². The predicted molar refractivity (Wildman–Crippen MR) is 95.3 cm³/mol. The van der Waals surface area contributed by atoms with Gasteiger partial charge < -0.3 is 14.8 Å². The highest BCUT2D eigenvalue weighted by molar-refractivity contribution is 5.91. The van der Waals surface area contributed by atoms with Crippen LogP contribution in [0.4, 0.5) is 0 Å². The van der Waals surface area contributed by atoms with Gasteiger partial charge in [-0.1, -0.05) is 30.2 Å². The lowest BCUT2D eigenvalue weighted by atomic mass is 10.0. The first kappa shape index (κ1) is 18.7. The Hall–Kier alpha value is -3.59. The molecular weight excluding hydrogens is 334 g/mol. The second kappa shape index (κ2) is 9.04. The Morgan fingerprint density at radius 1 is 1.00 bits per heavy atom. The van der Waals surface area contributed by atoms with Crippen molar-refractivity contribution in [1.29, 1.82) is 0 Å². The summed E-state index contributed by atoms with van der Waals surface area (Å²) in [5, 5.41) is 2.40. The first-order chi connectivity index (χ1) is 12.5. The van der Waals surface area contributed by atoms with Crippen molar-refractivity contribution in [3.63, 3.8) is 0 Å². The van der Waals surface area contributed by atoms with Crippen LogP contribution in [0.3, 0.4) is 0 Å². The van der Waals surface area contributed by atoms with Crippen molar-refractivity contribution in [2.45, 2.75) is 6.92 Å². The van der Waals surface area contributed by atoms with Crippen LogP contribution in [0.2, 0.25) is 0 Å². The largest absolute Gasteiger partial charge is 0.452 e. The standard InChI is InChI=1S/C20H17NO5/c1-3-12-21-19(23)13-25-20(24)17-6-4-15(5-7-17)16-8-10-18(11-9-16)26-14(2)22/h1,4-11H,12-13H2,2H3,(H,21,23). The number of benzene rings is 2. The molecule has 132 valence electrons. The monoisotopic (exact) mass is 351 g/mol. The third-order valence-electron chi connectivity index (χ3n) is 3.29. The Morgan fingerprint density at radius 2 is 1.58 bits per heavy atom. The Labute approximate surface area is 151 Å². The van der Waals surface area contributed by atoms with E-state index < -0.39 is 11.9 Å². The van der Waals surface area contributed by atoms with Gasteiger partial charge in [0.1, 0.15) is 5.75 Å². The number of nitrogens with one attached hydrogen (secondary N) is 1. The second-order valence-electron chi connectivity index (χ2n) is 5.25. The fourth-order valence-corrected chi connectivity index (χ4v) is 2.10. The molecule has 1 N–H and O–H groups in total. The van der Waals surface area contributed by atoms with Gasteiger partial charge in [0, 0.05) is 6.92 Å². The van der Waals surface area contributed by atoms with Crippen LogP contribution in [0, 0.1) is 12.3 Å². The zero-order chi connectivity index (χ0) is 18.9. The van der Waals surface area contributed by atoms with Crippen molar-refractivity contribution in [2.24, 2.45) is 0 Å². The molecule has 0 saturated carbocycles. The van der Waals surface area contributed by atoms with Crippen LogP contribution < -0.4 is 10.1 Å². The van der Waals surface area contributed by atoms with E-state index in [9.17, 15) is 14.4 Å². The van der Waals surface area contributed by atoms with Crippen LogP contribution in [0.15, 0.2) is 48.5 Å². The molecule has 0 unspecified atom stereocenters. The molecule has 0 aliphatic heterocycles. The number of carbonyl (C=O) groups is 3. The van der Waals surface area contributed by atoms with Crippen LogP contribution >= 0.6 is 0 Å². The fourth-order valence-electron chi connectivity index (χ4n) is 2.10. The number of carbonyl (C=O) groups excluding carboxylic acids is 3. The highest BCUT2D eigenvalue weighted by Gasteiger charge is 2.10. The molecule has 0 aromatic heterocycles. The summed E-state index contributed by atoms with van der Waals surface area (Å²) in [6.07, 6.45) is 5.02. The van der Waals surface area contributed by atoms with Crippen molar-refractivity contribution < 1.29 is 23.9 Å².